The number of aliphatic hydroxyl groups excluding tert-OH is 1. The zero-order valence-corrected chi connectivity index (χ0v) is 10.2. The first-order chi connectivity index (χ1) is 8.37. The van der Waals surface area contributed by atoms with Crippen molar-refractivity contribution < 1.29 is 18.3 Å². The number of nitrogens with zero attached hydrogens (tertiary/aromatic N) is 1. The van der Waals surface area contributed by atoms with Crippen LogP contribution in [0.3, 0.4) is 0 Å². The smallest absolute Gasteiger partial charge is 0.395 e. The molecule has 102 valence electrons. The molecule has 0 saturated heterocycles. The van der Waals surface area contributed by atoms with E-state index in [2.05, 4.69) is 0 Å². The van der Waals surface area contributed by atoms with E-state index in [9.17, 15) is 13.2 Å². The maximum atomic E-state index is 12.4. The molecule has 0 aliphatic heterocycles. The first-order valence-corrected chi connectivity index (χ1v) is 5.59. The summed E-state index contributed by atoms with van der Waals surface area (Å²) in [7, 11) is 0. The van der Waals surface area contributed by atoms with Gasteiger partial charge in [-0.05, 0) is 24.1 Å². The van der Waals surface area contributed by atoms with Crippen LogP contribution in [0.2, 0.25) is 0 Å². The Morgan fingerprint density at radius 2 is 2.00 bits per heavy atom. The molecule has 0 atom stereocenters. The fraction of sp³-hybridized carbons (Fsp3) is 0.500. The van der Waals surface area contributed by atoms with E-state index in [0.717, 1.165) is 16.0 Å². The first kappa shape index (κ1) is 14.8. The van der Waals surface area contributed by atoms with E-state index in [4.69, 9.17) is 10.8 Å². The second-order valence-electron chi connectivity index (χ2n) is 4.09. The highest BCUT2D eigenvalue weighted by molar-refractivity contribution is 5.54. The molecular weight excluding hydrogens is 245 g/mol. The van der Waals surface area contributed by atoms with E-state index in [1.807, 2.05) is 0 Å². The number of aliphatic hydroxyl groups is 1. The van der Waals surface area contributed by atoms with Gasteiger partial charge in [0.1, 0.15) is 6.54 Å². The van der Waals surface area contributed by atoms with Gasteiger partial charge in [-0.1, -0.05) is 12.1 Å². The monoisotopic (exact) mass is 262 g/mol. The van der Waals surface area contributed by atoms with Gasteiger partial charge in [0.25, 0.3) is 0 Å². The molecule has 6 heteroatoms. The zero-order valence-electron chi connectivity index (χ0n) is 10.2. The predicted molar refractivity (Wildman–Crippen MR) is 64.4 cm³/mol. The molecule has 3 nitrogen and oxygen atoms in total. The summed E-state index contributed by atoms with van der Waals surface area (Å²) in [5.41, 5.74) is 7.53. The predicted octanol–water partition coefficient (Wildman–Crippen LogP) is 1.81. The fourth-order valence-electron chi connectivity index (χ4n) is 1.82. The summed E-state index contributed by atoms with van der Waals surface area (Å²) in [5.74, 6) is 0. The molecule has 3 N–H and O–H groups in total. The second-order valence-corrected chi connectivity index (χ2v) is 4.09. The van der Waals surface area contributed by atoms with Crippen molar-refractivity contribution in [1.29, 1.82) is 0 Å². The molecule has 0 aliphatic carbocycles. The van der Waals surface area contributed by atoms with E-state index < -0.39 is 12.7 Å². The zero-order chi connectivity index (χ0) is 13.8. The van der Waals surface area contributed by atoms with Crippen LogP contribution in [0.1, 0.15) is 11.1 Å². The molecule has 0 fully saturated rings. The molecular formula is C12H17F3N2O. The molecule has 0 bridgehead atoms. The van der Waals surface area contributed by atoms with Gasteiger partial charge in [0.15, 0.2) is 0 Å². The maximum absolute atomic E-state index is 12.4. The Morgan fingerprint density at radius 3 is 2.44 bits per heavy atom. The van der Waals surface area contributed by atoms with Crippen LogP contribution in [-0.4, -0.2) is 31.0 Å². The molecule has 0 amide bonds. The van der Waals surface area contributed by atoms with Crippen LogP contribution in [0.25, 0.3) is 0 Å². The van der Waals surface area contributed by atoms with Crippen molar-refractivity contribution in [1.82, 2.24) is 0 Å². The summed E-state index contributed by atoms with van der Waals surface area (Å²) in [6.07, 6.45) is -4.30. The number of halogens is 3. The Labute approximate surface area is 104 Å². The van der Waals surface area contributed by atoms with Crippen molar-refractivity contribution >= 4 is 5.69 Å². The SMILES string of the molecule is Cc1cc(CN)ccc1N(CCO)CC(F)(F)F. The van der Waals surface area contributed by atoms with Crippen LogP contribution in [-0.2, 0) is 6.54 Å². The number of anilines is 1. The largest absolute Gasteiger partial charge is 0.405 e. The standard InChI is InChI=1S/C12H17F3N2O/c1-9-6-10(7-16)2-3-11(9)17(4-5-18)8-12(13,14)15/h2-3,6,18H,4-5,7-8,16H2,1H3. The number of hydrogen-bond acceptors (Lipinski definition) is 3. The second kappa shape index (κ2) is 6.06. The van der Waals surface area contributed by atoms with Gasteiger partial charge in [-0.15, -0.1) is 0 Å². The minimum Gasteiger partial charge on any atom is -0.395 e. The highest BCUT2D eigenvalue weighted by atomic mass is 19.4. The topological polar surface area (TPSA) is 49.5 Å². The van der Waals surface area contributed by atoms with Crippen molar-refractivity contribution in [2.75, 3.05) is 24.6 Å². The average molecular weight is 262 g/mol. The van der Waals surface area contributed by atoms with Crippen LogP contribution in [0, 0.1) is 6.92 Å². The molecule has 0 aliphatic rings. The fourth-order valence-corrected chi connectivity index (χ4v) is 1.82. The van der Waals surface area contributed by atoms with Crippen LogP contribution in [0.15, 0.2) is 18.2 Å². The molecule has 0 heterocycles. The third kappa shape index (κ3) is 4.19. The lowest BCUT2D eigenvalue weighted by molar-refractivity contribution is -0.119. The van der Waals surface area contributed by atoms with Gasteiger partial charge in [-0.3, -0.25) is 0 Å². The molecule has 0 aromatic heterocycles. The summed E-state index contributed by atoms with van der Waals surface area (Å²) < 4.78 is 37.3. The van der Waals surface area contributed by atoms with Crippen molar-refractivity contribution in [2.45, 2.75) is 19.6 Å². The normalized spacial score (nSPS) is 11.7. The minimum absolute atomic E-state index is 0.0533. The molecule has 0 radical (unpaired) electrons. The first-order valence-electron chi connectivity index (χ1n) is 5.59. The van der Waals surface area contributed by atoms with E-state index in [-0.39, 0.29) is 13.2 Å². The van der Waals surface area contributed by atoms with Crippen LogP contribution >= 0.6 is 0 Å². The third-order valence-corrected chi connectivity index (χ3v) is 2.58. The molecule has 0 unspecified atom stereocenters. The number of rotatable bonds is 5. The van der Waals surface area contributed by atoms with Crippen molar-refractivity contribution in [3.8, 4) is 0 Å². The quantitative estimate of drug-likeness (QED) is 0.851. The summed E-state index contributed by atoms with van der Waals surface area (Å²) in [6, 6.07) is 5.07. The van der Waals surface area contributed by atoms with Crippen LogP contribution in [0.4, 0.5) is 18.9 Å². The molecule has 1 aromatic rings. The van der Waals surface area contributed by atoms with Gasteiger partial charge in [0, 0.05) is 18.8 Å². The lowest BCUT2D eigenvalue weighted by Gasteiger charge is -2.27. The molecule has 18 heavy (non-hydrogen) atoms. The Morgan fingerprint density at radius 1 is 1.33 bits per heavy atom. The number of benzene rings is 1. The Hall–Kier alpha value is -1.27. The highest BCUT2D eigenvalue weighted by Gasteiger charge is 2.31. The molecule has 1 aromatic carbocycles. The Bertz CT molecular complexity index is 393. The van der Waals surface area contributed by atoms with Crippen molar-refractivity contribution in [2.24, 2.45) is 5.73 Å². The van der Waals surface area contributed by atoms with Gasteiger partial charge in [0.05, 0.1) is 6.61 Å². The van der Waals surface area contributed by atoms with Crippen LogP contribution < -0.4 is 10.6 Å². The lowest BCUT2D eigenvalue weighted by atomic mass is 10.1. The van der Waals surface area contributed by atoms with Gasteiger partial charge in [0.2, 0.25) is 0 Å². The molecule has 0 saturated carbocycles. The summed E-state index contributed by atoms with van der Waals surface area (Å²) in [6.45, 7) is 0.627. The van der Waals surface area contributed by atoms with Gasteiger partial charge < -0.3 is 15.7 Å². The van der Waals surface area contributed by atoms with Crippen molar-refractivity contribution in [3.05, 3.63) is 29.3 Å². The summed E-state index contributed by atoms with van der Waals surface area (Å²) >= 11 is 0. The number of hydrogen-bond donors (Lipinski definition) is 2. The number of nitrogens with two attached hydrogens (primary N) is 1. The van der Waals surface area contributed by atoms with Crippen molar-refractivity contribution in [3.63, 3.8) is 0 Å². The number of alkyl halides is 3. The van der Waals surface area contributed by atoms with E-state index in [1.165, 1.54) is 0 Å². The minimum atomic E-state index is -4.30. The molecule has 1 rings (SSSR count). The van der Waals surface area contributed by atoms with E-state index in [1.54, 1.807) is 25.1 Å². The highest BCUT2D eigenvalue weighted by Crippen LogP contribution is 2.25. The Kier molecular flexibility index (Phi) is 4.98. The molecule has 0 spiro atoms. The third-order valence-electron chi connectivity index (χ3n) is 2.58. The maximum Gasteiger partial charge on any atom is 0.405 e. The van der Waals surface area contributed by atoms with Crippen LogP contribution in [0.5, 0.6) is 0 Å². The van der Waals surface area contributed by atoms with Gasteiger partial charge in [-0.2, -0.15) is 13.2 Å². The van der Waals surface area contributed by atoms with Gasteiger partial charge >= 0.3 is 6.18 Å². The van der Waals surface area contributed by atoms with E-state index in [0.29, 0.717) is 12.2 Å². The summed E-state index contributed by atoms with van der Waals surface area (Å²) in [5, 5.41) is 8.86. The summed E-state index contributed by atoms with van der Waals surface area (Å²) in [4.78, 5) is 1.12. The van der Waals surface area contributed by atoms with E-state index >= 15 is 0 Å². The number of aryl methyl sites for hydroxylation is 1. The van der Waals surface area contributed by atoms with Gasteiger partial charge in [-0.25, -0.2) is 0 Å². The Balaban J connectivity index is 2.98. The average Bonchev–Trinajstić information content (AvgIpc) is 2.26. The lowest BCUT2D eigenvalue weighted by Crippen LogP contribution is -2.36.